The van der Waals surface area contributed by atoms with E-state index in [9.17, 15) is 14.3 Å². The Hall–Kier alpha value is -1.70. The van der Waals surface area contributed by atoms with E-state index < -0.39 is 17.9 Å². The van der Waals surface area contributed by atoms with Gasteiger partial charge in [0.15, 0.2) is 0 Å². The molecule has 1 atom stereocenters. The molecule has 1 aromatic carbocycles. The van der Waals surface area contributed by atoms with Crippen molar-refractivity contribution < 1.29 is 14.3 Å². The molecule has 8 heteroatoms. The van der Waals surface area contributed by atoms with Gasteiger partial charge >= 0.3 is 6.03 Å². The summed E-state index contributed by atoms with van der Waals surface area (Å²) in [5, 5.41) is 15.5. The molecule has 1 aromatic heterocycles. The van der Waals surface area contributed by atoms with E-state index in [-0.39, 0.29) is 11.6 Å². The van der Waals surface area contributed by atoms with Crippen molar-refractivity contribution in [3.05, 3.63) is 50.7 Å². The lowest BCUT2D eigenvalue weighted by Crippen LogP contribution is -2.38. The number of hydrogen-bond donors (Lipinski definition) is 3. The van der Waals surface area contributed by atoms with E-state index >= 15 is 0 Å². The van der Waals surface area contributed by atoms with Crippen LogP contribution in [0.3, 0.4) is 0 Å². The highest BCUT2D eigenvalue weighted by molar-refractivity contribution is 7.11. The van der Waals surface area contributed by atoms with Gasteiger partial charge in [-0.25, -0.2) is 14.2 Å². The van der Waals surface area contributed by atoms with E-state index in [0.29, 0.717) is 12.1 Å². The molecule has 1 heterocycles. The van der Waals surface area contributed by atoms with E-state index in [0.717, 1.165) is 9.88 Å². The number of aliphatic hydroxyl groups excluding tert-OH is 1. The van der Waals surface area contributed by atoms with Crippen LogP contribution in [0.4, 0.5) is 9.18 Å². The zero-order chi connectivity index (χ0) is 16.1. The van der Waals surface area contributed by atoms with Crippen molar-refractivity contribution in [1.29, 1.82) is 0 Å². The first-order valence-electron chi connectivity index (χ1n) is 6.51. The predicted octanol–water partition coefficient (Wildman–Crippen LogP) is 2.78. The minimum absolute atomic E-state index is 0.00884. The zero-order valence-electron chi connectivity index (χ0n) is 11.8. The molecule has 118 valence electrons. The fourth-order valence-electron chi connectivity index (χ4n) is 1.83. The van der Waals surface area contributed by atoms with Crippen LogP contribution in [0.2, 0.25) is 5.02 Å². The van der Waals surface area contributed by atoms with Gasteiger partial charge in [0.2, 0.25) is 0 Å². The van der Waals surface area contributed by atoms with Crippen molar-refractivity contribution in [3.63, 3.8) is 0 Å². The van der Waals surface area contributed by atoms with Gasteiger partial charge in [0.05, 0.1) is 29.2 Å². The van der Waals surface area contributed by atoms with Gasteiger partial charge in [-0.3, -0.25) is 0 Å². The Balaban J connectivity index is 1.94. The second-order valence-electron chi connectivity index (χ2n) is 4.58. The number of nitrogens with zero attached hydrogens (tertiary/aromatic N) is 1. The van der Waals surface area contributed by atoms with Crippen molar-refractivity contribution in [2.24, 2.45) is 0 Å². The first-order valence-corrected chi connectivity index (χ1v) is 7.70. The molecule has 0 aliphatic carbocycles. The Morgan fingerprint density at radius 3 is 2.91 bits per heavy atom. The summed E-state index contributed by atoms with van der Waals surface area (Å²) in [5.41, 5.74) is 0.438. The van der Waals surface area contributed by atoms with E-state index in [1.807, 2.05) is 6.92 Å². The number of nitrogens with one attached hydrogen (secondary N) is 2. The summed E-state index contributed by atoms with van der Waals surface area (Å²) in [4.78, 5) is 16.9. The van der Waals surface area contributed by atoms with Gasteiger partial charge in [-0.2, -0.15) is 0 Å². The normalized spacial score (nSPS) is 12.0. The number of thiazole rings is 1. The molecule has 0 saturated carbocycles. The Labute approximate surface area is 136 Å². The van der Waals surface area contributed by atoms with Gasteiger partial charge in [0.1, 0.15) is 5.82 Å². The number of amides is 2. The maximum absolute atomic E-state index is 13.4. The largest absolute Gasteiger partial charge is 0.394 e. The van der Waals surface area contributed by atoms with E-state index in [1.165, 1.54) is 23.5 Å². The first kappa shape index (κ1) is 16.7. The average Bonchev–Trinajstić information content (AvgIpc) is 2.91. The molecule has 0 spiro atoms. The predicted molar refractivity (Wildman–Crippen MR) is 83.5 cm³/mol. The van der Waals surface area contributed by atoms with E-state index in [2.05, 4.69) is 15.6 Å². The number of aliphatic hydroxyl groups is 1. The molecule has 0 aliphatic heterocycles. The van der Waals surface area contributed by atoms with E-state index in [1.54, 1.807) is 12.3 Å². The lowest BCUT2D eigenvalue weighted by atomic mass is 10.1. The summed E-state index contributed by atoms with van der Waals surface area (Å²) in [5.74, 6) is -0.597. The molecule has 0 bridgehead atoms. The molecule has 0 aliphatic rings. The van der Waals surface area contributed by atoms with Gasteiger partial charge in [-0.15, -0.1) is 11.3 Å². The number of hydrogen-bond acceptors (Lipinski definition) is 4. The number of benzene rings is 1. The number of halogens is 2. The molecule has 0 radical (unpaired) electrons. The van der Waals surface area contributed by atoms with Crippen LogP contribution in [0.25, 0.3) is 0 Å². The summed E-state index contributed by atoms with van der Waals surface area (Å²) in [6, 6.07) is 2.96. The summed E-state index contributed by atoms with van der Waals surface area (Å²) >= 11 is 7.10. The minimum atomic E-state index is -0.713. The van der Waals surface area contributed by atoms with Gasteiger partial charge in [-0.05, 0) is 24.6 Å². The number of carbonyl (C=O) groups excluding carboxylic acids is 1. The van der Waals surface area contributed by atoms with E-state index in [4.69, 9.17) is 11.6 Å². The number of rotatable bonds is 5. The number of aryl methyl sites for hydroxylation is 1. The monoisotopic (exact) mass is 343 g/mol. The maximum atomic E-state index is 13.4. The Morgan fingerprint density at radius 2 is 2.32 bits per heavy atom. The summed E-state index contributed by atoms with van der Waals surface area (Å²) in [6.45, 7) is 1.86. The van der Waals surface area contributed by atoms with Crippen molar-refractivity contribution in [2.45, 2.75) is 19.5 Å². The molecular formula is C14H15ClFN3O2S. The van der Waals surface area contributed by atoms with Crippen LogP contribution >= 0.6 is 22.9 Å². The van der Waals surface area contributed by atoms with Gasteiger partial charge in [0.25, 0.3) is 0 Å². The summed E-state index contributed by atoms with van der Waals surface area (Å²) in [6.07, 6.45) is 1.69. The lowest BCUT2D eigenvalue weighted by molar-refractivity contribution is 0.216. The van der Waals surface area contributed by atoms with Crippen LogP contribution in [-0.2, 0) is 6.54 Å². The Kier molecular flexibility index (Phi) is 5.70. The third kappa shape index (κ3) is 4.40. The molecule has 0 saturated heterocycles. The van der Waals surface area contributed by atoms with Crippen molar-refractivity contribution in [1.82, 2.24) is 15.6 Å². The molecule has 0 fully saturated rings. The fraction of sp³-hybridized carbons (Fsp3) is 0.286. The SMILES string of the molecule is Cc1ncc(CNC(=O)NC(CO)c2ccc(Cl)c(F)c2)s1. The minimum Gasteiger partial charge on any atom is -0.394 e. The van der Waals surface area contributed by atoms with Gasteiger partial charge in [0, 0.05) is 11.1 Å². The lowest BCUT2D eigenvalue weighted by Gasteiger charge is -2.17. The van der Waals surface area contributed by atoms with Crippen LogP contribution in [0.5, 0.6) is 0 Å². The van der Waals surface area contributed by atoms with Crippen molar-refractivity contribution in [2.75, 3.05) is 6.61 Å². The smallest absolute Gasteiger partial charge is 0.315 e. The highest BCUT2D eigenvalue weighted by atomic mass is 35.5. The average molecular weight is 344 g/mol. The van der Waals surface area contributed by atoms with Crippen LogP contribution in [0, 0.1) is 12.7 Å². The van der Waals surface area contributed by atoms with Crippen LogP contribution in [-0.4, -0.2) is 22.7 Å². The van der Waals surface area contributed by atoms with Crippen molar-refractivity contribution >= 4 is 29.0 Å². The molecule has 22 heavy (non-hydrogen) atoms. The molecule has 2 amide bonds. The third-order valence-electron chi connectivity index (χ3n) is 2.93. The zero-order valence-corrected chi connectivity index (χ0v) is 13.3. The molecule has 2 aromatic rings. The quantitative estimate of drug-likeness (QED) is 0.781. The van der Waals surface area contributed by atoms with Crippen LogP contribution in [0.1, 0.15) is 21.5 Å². The highest BCUT2D eigenvalue weighted by Crippen LogP contribution is 2.20. The summed E-state index contributed by atoms with van der Waals surface area (Å²) in [7, 11) is 0. The topological polar surface area (TPSA) is 74.2 Å². The Morgan fingerprint density at radius 1 is 1.55 bits per heavy atom. The first-order chi connectivity index (χ1) is 10.5. The molecule has 1 unspecified atom stereocenters. The molecule has 2 rings (SSSR count). The second kappa shape index (κ2) is 7.53. The standard InChI is InChI=1S/C14H15ClFN3O2S/c1-8-17-5-10(22-8)6-18-14(21)19-13(7-20)9-2-3-11(15)12(16)4-9/h2-5,13,20H,6-7H2,1H3,(H2,18,19,21). The fourth-order valence-corrected chi connectivity index (χ4v) is 2.68. The highest BCUT2D eigenvalue weighted by Gasteiger charge is 2.15. The third-order valence-corrected chi connectivity index (χ3v) is 4.15. The molecule has 5 nitrogen and oxygen atoms in total. The summed E-state index contributed by atoms with van der Waals surface area (Å²) < 4.78 is 13.4. The van der Waals surface area contributed by atoms with Crippen molar-refractivity contribution in [3.8, 4) is 0 Å². The number of aromatic nitrogens is 1. The number of carbonyl (C=O) groups is 1. The van der Waals surface area contributed by atoms with Gasteiger partial charge < -0.3 is 15.7 Å². The number of urea groups is 1. The van der Waals surface area contributed by atoms with Crippen LogP contribution in [0.15, 0.2) is 24.4 Å². The molecule has 3 N–H and O–H groups in total. The maximum Gasteiger partial charge on any atom is 0.315 e. The van der Waals surface area contributed by atoms with Gasteiger partial charge in [-0.1, -0.05) is 17.7 Å². The molecular weight excluding hydrogens is 329 g/mol. The Bertz CT molecular complexity index is 665. The second-order valence-corrected chi connectivity index (χ2v) is 6.31. The van der Waals surface area contributed by atoms with Crippen LogP contribution < -0.4 is 10.6 Å².